The topological polar surface area (TPSA) is 39.1 Å². The third-order valence-corrected chi connectivity index (χ3v) is 6.91. The first-order valence-corrected chi connectivity index (χ1v) is 11.4. The number of carbonyl (C=O) groups excluding carboxylic acids is 1. The van der Waals surface area contributed by atoms with E-state index < -0.39 is 22.5 Å². The van der Waals surface area contributed by atoms with E-state index in [9.17, 15) is 22.2 Å². The van der Waals surface area contributed by atoms with Crippen LogP contribution in [0.1, 0.15) is 35.7 Å². The van der Waals surface area contributed by atoms with Crippen LogP contribution in [-0.4, -0.2) is 20.8 Å². The monoisotopic (exact) mass is 433 g/mol. The van der Waals surface area contributed by atoms with Gasteiger partial charge in [-0.25, -0.2) is 0 Å². The molecule has 2 atom stereocenters. The number of alkyl halides is 3. The second-order valence-electron chi connectivity index (χ2n) is 7.85. The standard InChI is InChI=1S/C23H22F3NO2S/c1-14(28)16-8-10-22-19(18-5-3-4-6-21(18)27(22)13-16)11-15-7-9-17(30(2)29)12-20(15)23(24,25)26/h3-7,9,12,16H,8,10-11,13H2,1-2H3. The smallest absolute Gasteiger partial charge is 0.344 e. The van der Waals surface area contributed by atoms with E-state index in [4.69, 9.17) is 0 Å². The Kier molecular flexibility index (Phi) is 5.34. The van der Waals surface area contributed by atoms with Crippen molar-refractivity contribution >= 4 is 27.5 Å². The van der Waals surface area contributed by atoms with E-state index >= 15 is 0 Å². The van der Waals surface area contributed by atoms with Crippen LogP contribution in [0.4, 0.5) is 13.2 Å². The van der Waals surface area contributed by atoms with Crippen molar-refractivity contribution in [3.8, 4) is 0 Å². The molecule has 0 spiro atoms. The second-order valence-corrected chi connectivity index (χ2v) is 9.23. The number of hydrogen-bond donors (Lipinski definition) is 0. The molecule has 30 heavy (non-hydrogen) atoms. The Morgan fingerprint density at radius 2 is 1.93 bits per heavy atom. The Hall–Kier alpha value is -2.41. The normalized spacial score (nSPS) is 17.7. The van der Waals surface area contributed by atoms with E-state index in [1.807, 2.05) is 24.3 Å². The van der Waals surface area contributed by atoms with Crippen molar-refractivity contribution in [2.75, 3.05) is 6.26 Å². The fraction of sp³-hybridized carbons (Fsp3) is 0.348. The summed E-state index contributed by atoms with van der Waals surface area (Å²) in [5, 5.41) is 0.924. The van der Waals surface area contributed by atoms with Crippen LogP contribution in [0.2, 0.25) is 0 Å². The summed E-state index contributed by atoms with van der Waals surface area (Å²) in [7, 11) is -1.49. The van der Waals surface area contributed by atoms with Crippen molar-refractivity contribution in [2.24, 2.45) is 5.92 Å². The van der Waals surface area contributed by atoms with Gasteiger partial charge in [-0.2, -0.15) is 13.2 Å². The lowest BCUT2D eigenvalue weighted by molar-refractivity contribution is -0.138. The number of halogens is 3. The fourth-order valence-electron chi connectivity index (χ4n) is 4.42. The van der Waals surface area contributed by atoms with Gasteiger partial charge in [0.25, 0.3) is 0 Å². The average Bonchev–Trinajstić information content (AvgIpc) is 3.00. The molecular formula is C23H22F3NO2S. The van der Waals surface area contributed by atoms with Crippen LogP contribution in [0.25, 0.3) is 10.9 Å². The quantitative estimate of drug-likeness (QED) is 0.572. The Bertz CT molecular complexity index is 1160. The van der Waals surface area contributed by atoms with E-state index in [0.29, 0.717) is 19.4 Å². The molecule has 1 aliphatic rings. The Labute approximate surface area is 175 Å². The number of rotatable bonds is 4. The van der Waals surface area contributed by atoms with Gasteiger partial charge in [0.15, 0.2) is 0 Å². The predicted molar refractivity (Wildman–Crippen MR) is 111 cm³/mol. The summed E-state index contributed by atoms with van der Waals surface area (Å²) in [5.41, 5.74) is 2.27. The Balaban J connectivity index is 1.85. The van der Waals surface area contributed by atoms with Gasteiger partial charge in [-0.1, -0.05) is 24.3 Å². The van der Waals surface area contributed by atoms with Crippen LogP contribution in [-0.2, 0) is 41.2 Å². The molecule has 7 heteroatoms. The summed E-state index contributed by atoms with van der Waals surface area (Å²) in [6.45, 7) is 2.15. The number of ketones is 1. The molecule has 2 heterocycles. The molecule has 0 bridgehead atoms. The summed E-state index contributed by atoms with van der Waals surface area (Å²) in [4.78, 5) is 12.1. The van der Waals surface area contributed by atoms with Gasteiger partial charge in [-0.05, 0) is 49.1 Å². The van der Waals surface area contributed by atoms with Crippen LogP contribution in [0.5, 0.6) is 0 Å². The number of para-hydroxylation sites is 1. The molecule has 0 aliphatic carbocycles. The van der Waals surface area contributed by atoms with Gasteiger partial charge < -0.3 is 4.57 Å². The van der Waals surface area contributed by atoms with Crippen molar-refractivity contribution in [1.29, 1.82) is 0 Å². The number of fused-ring (bicyclic) bond motifs is 3. The molecule has 0 radical (unpaired) electrons. The predicted octanol–water partition coefficient (Wildman–Crippen LogP) is 5.14. The minimum Gasteiger partial charge on any atom is -0.344 e. The summed E-state index contributed by atoms with van der Waals surface area (Å²) >= 11 is 0. The maximum Gasteiger partial charge on any atom is 0.416 e. The molecule has 0 saturated heterocycles. The highest BCUT2D eigenvalue weighted by atomic mass is 32.2. The number of benzene rings is 2. The van der Waals surface area contributed by atoms with Gasteiger partial charge in [0, 0.05) is 57.4 Å². The molecule has 0 fully saturated rings. The van der Waals surface area contributed by atoms with Crippen molar-refractivity contribution in [2.45, 2.75) is 43.8 Å². The first-order valence-electron chi connectivity index (χ1n) is 9.79. The lowest BCUT2D eigenvalue weighted by Crippen LogP contribution is -2.25. The third kappa shape index (κ3) is 3.71. The summed E-state index contributed by atoms with van der Waals surface area (Å²) in [6, 6.07) is 11.6. The van der Waals surface area contributed by atoms with Crippen molar-refractivity contribution in [3.05, 3.63) is 64.8 Å². The maximum atomic E-state index is 13.8. The average molecular weight is 433 g/mol. The summed E-state index contributed by atoms with van der Waals surface area (Å²) in [5.74, 6) is 0.0770. The van der Waals surface area contributed by atoms with Crippen LogP contribution in [0.15, 0.2) is 47.4 Å². The first kappa shape index (κ1) is 20.8. The van der Waals surface area contributed by atoms with Gasteiger partial charge in [0.05, 0.1) is 5.56 Å². The molecule has 0 amide bonds. The van der Waals surface area contributed by atoms with Crippen molar-refractivity contribution in [1.82, 2.24) is 4.57 Å². The van der Waals surface area contributed by atoms with Gasteiger partial charge >= 0.3 is 6.18 Å². The molecular weight excluding hydrogens is 411 g/mol. The number of Topliss-reactive ketones (excluding diaryl/α,β-unsaturated/α-hetero) is 1. The Morgan fingerprint density at radius 1 is 1.20 bits per heavy atom. The molecule has 1 aliphatic heterocycles. The number of hydrogen-bond acceptors (Lipinski definition) is 2. The lowest BCUT2D eigenvalue weighted by Gasteiger charge is -2.24. The molecule has 158 valence electrons. The molecule has 0 N–H and O–H groups in total. The molecule has 3 nitrogen and oxygen atoms in total. The van der Waals surface area contributed by atoms with E-state index in [1.54, 1.807) is 6.92 Å². The van der Waals surface area contributed by atoms with Gasteiger partial charge in [0.2, 0.25) is 0 Å². The van der Waals surface area contributed by atoms with Crippen LogP contribution in [0, 0.1) is 5.92 Å². The number of carbonyl (C=O) groups is 1. The summed E-state index contributed by atoms with van der Waals surface area (Å²) < 4.78 is 55.1. The highest BCUT2D eigenvalue weighted by Crippen LogP contribution is 2.38. The van der Waals surface area contributed by atoms with Crippen molar-refractivity contribution < 1.29 is 22.2 Å². The van der Waals surface area contributed by atoms with E-state index in [-0.39, 0.29) is 28.6 Å². The van der Waals surface area contributed by atoms with Crippen LogP contribution >= 0.6 is 0 Å². The fourth-order valence-corrected chi connectivity index (χ4v) is 4.96. The zero-order chi connectivity index (χ0) is 21.6. The zero-order valence-electron chi connectivity index (χ0n) is 16.8. The van der Waals surface area contributed by atoms with E-state index in [0.717, 1.165) is 28.2 Å². The molecule has 2 aromatic carbocycles. The molecule has 2 unspecified atom stereocenters. The Morgan fingerprint density at radius 3 is 2.60 bits per heavy atom. The zero-order valence-corrected chi connectivity index (χ0v) is 17.6. The lowest BCUT2D eigenvalue weighted by atomic mass is 9.91. The number of nitrogens with zero attached hydrogens (tertiary/aromatic N) is 1. The van der Waals surface area contributed by atoms with Crippen LogP contribution in [0.3, 0.4) is 0 Å². The minimum absolute atomic E-state index is 0.0642. The van der Waals surface area contributed by atoms with Crippen LogP contribution < -0.4 is 0 Å². The number of aromatic nitrogens is 1. The SMILES string of the molecule is CC(=O)C1CCc2c(Cc3ccc(S(C)=O)cc3C(F)(F)F)c3ccccc3n2C1. The molecule has 4 rings (SSSR count). The first-order chi connectivity index (χ1) is 14.2. The van der Waals surface area contributed by atoms with Gasteiger partial charge in [-0.3, -0.25) is 9.00 Å². The summed E-state index contributed by atoms with van der Waals surface area (Å²) in [6.07, 6.45) is -1.65. The second kappa shape index (κ2) is 7.69. The van der Waals surface area contributed by atoms with E-state index in [1.165, 1.54) is 18.4 Å². The van der Waals surface area contributed by atoms with E-state index in [2.05, 4.69) is 4.57 Å². The largest absolute Gasteiger partial charge is 0.416 e. The molecule has 0 saturated carbocycles. The highest BCUT2D eigenvalue weighted by Gasteiger charge is 2.35. The molecule has 3 aromatic rings. The van der Waals surface area contributed by atoms with Crippen molar-refractivity contribution in [3.63, 3.8) is 0 Å². The third-order valence-electron chi connectivity index (χ3n) is 5.99. The minimum atomic E-state index is -4.53. The highest BCUT2D eigenvalue weighted by molar-refractivity contribution is 7.84. The van der Waals surface area contributed by atoms with Gasteiger partial charge in [-0.15, -0.1) is 0 Å². The molecule has 1 aromatic heterocycles. The maximum absolute atomic E-state index is 13.8. The van der Waals surface area contributed by atoms with Gasteiger partial charge in [0.1, 0.15) is 5.78 Å².